The molecule has 2 aliphatic heterocycles. The van der Waals surface area contributed by atoms with Crippen LogP contribution in [0.2, 0.25) is 0 Å². The molecule has 0 saturated carbocycles. The number of aryl methyl sites for hydroxylation is 2. The summed E-state index contributed by atoms with van der Waals surface area (Å²) in [5.41, 5.74) is 6.72. The number of ether oxygens (including phenoxy) is 1. The molecule has 0 aliphatic carbocycles. The summed E-state index contributed by atoms with van der Waals surface area (Å²) in [6.45, 7) is 10.2. The van der Waals surface area contributed by atoms with E-state index < -0.39 is 0 Å². The van der Waals surface area contributed by atoms with E-state index in [0.29, 0.717) is 12.3 Å². The molecule has 1 amide bonds. The summed E-state index contributed by atoms with van der Waals surface area (Å²) in [4.78, 5) is 28.4. The van der Waals surface area contributed by atoms with Gasteiger partial charge in [0.25, 0.3) is 0 Å². The highest BCUT2D eigenvalue weighted by molar-refractivity contribution is 7.18. The summed E-state index contributed by atoms with van der Waals surface area (Å²) in [6, 6.07) is 0. The number of amides is 1. The summed E-state index contributed by atoms with van der Waals surface area (Å²) < 4.78 is 5.46. The molecule has 0 radical (unpaired) electrons. The van der Waals surface area contributed by atoms with Gasteiger partial charge in [-0.3, -0.25) is 9.69 Å². The van der Waals surface area contributed by atoms with Gasteiger partial charge in [-0.1, -0.05) is 0 Å². The van der Waals surface area contributed by atoms with Gasteiger partial charge in [-0.05, 0) is 38.2 Å². The van der Waals surface area contributed by atoms with Crippen molar-refractivity contribution in [1.29, 1.82) is 0 Å². The first-order valence-electron chi connectivity index (χ1n) is 10.1. The normalized spacial score (nSPS) is 21.4. The van der Waals surface area contributed by atoms with Gasteiger partial charge in [0.1, 0.15) is 16.5 Å². The largest absolute Gasteiger partial charge is 0.379 e. The van der Waals surface area contributed by atoms with Crippen LogP contribution < -0.4 is 10.6 Å². The molecular formula is C20H29N5O2S. The molecule has 0 aromatic carbocycles. The zero-order chi connectivity index (χ0) is 19.7. The van der Waals surface area contributed by atoms with Gasteiger partial charge in [-0.15, -0.1) is 11.3 Å². The first-order valence-corrected chi connectivity index (χ1v) is 10.9. The highest BCUT2D eigenvalue weighted by Crippen LogP contribution is 2.36. The summed E-state index contributed by atoms with van der Waals surface area (Å²) in [5, 5.41) is 1.17. The molecule has 0 bridgehead atoms. The van der Waals surface area contributed by atoms with Crippen molar-refractivity contribution < 1.29 is 9.53 Å². The molecule has 2 aromatic heterocycles. The minimum atomic E-state index is -0.213. The molecule has 28 heavy (non-hydrogen) atoms. The molecule has 2 aliphatic rings. The number of hydrogen-bond donors (Lipinski definition) is 1. The Labute approximate surface area is 169 Å². The van der Waals surface area contributed by atoms with E-state index in [1.54, 1.807) is 11.3 Å². The first-order chi connectivity index (χ1) is 13.5. The second-order valence-corrected chi connectivity index (χ2v) is 9.14. The number of nitrogens with zero attached hydrogens (tertiary/aromatic N) is 4. The van der Waals surface area contributed by atoms with E-state index in [9.17, 15) is 4.79 Å². The van der Waals surface area contributed by atoms with Crippen molar-refractivity contribution in [2.75, 3.05) is 44.3 Å². The lowest BCUT2D eigenvalue weighted by atomic mass is 9.94. The Morgan fingerprint density at radius 3 is 2.79 bits per heavy atom. The molecule has 1 unspecified atom stereocenters. The van der Waals surface area contributed by atoms with Crippen LogP contribution in [0.3, 0.4) is 0 Å². The Balaban J connectivity index is 1.67. The molecule has 1 atom stereocenters. The van der Waals surface area contributed by atoms with Crippen molar-refractivity contribution in [1.82, 2.24) is 14.9 Å². The third-order valence-corrected chi connectivity index (χ3v) is 6.93. The standard InChI is InChI=1S/C20H29N5O2S/c1-13-14(2)28-20-18(13)19(25-5-3-4-15(11-25)10-16(21)26)22-17(23-20)12-24-6-8-27-9-7-24/h15H,3-12H2,1-2H3,(H2,21,26). The van der Waals surface area contributed by atoms with Gasteiger partial charge < -0.3 is 15.4 Å². The number of thiophene rings is 1. The number of primary amides is 1. The number of nitrogens with two attached hydrogens (primary N) is 1. The van der Waals surface area contributed by atoms with Crippen molar-refractivity contribution in [3.05, 3.63) is 16.3 Å². The van der Waals surface area contributed by atoms with Gasteiger partial charge in [-0.25, -0.2) is 9.97 Å². The number of hydrogen-bond acceptors (Lipinski definition) is 7. The monoisotopic (exact) mass is 403 g/mol. The SMILES string of the molecule is Cc1sc2nc(CN3CCOCC3)nc(N3CCCC(CC(N)=O)C3)c2c1C. The molecule has 2 N–H and O–H groups in total. The van der Waals surface area contributed by atoms with Gasteiger partial charge >= 0.3 is 0 Å². The molecule has 0 spiro atoms. The van der Waals surface area contributed by atoms with E-state index in [2.05, 4.69) is 23.6 Å². The number of rotatable bonds is 5. The predicted octanol–water partition coefficient (Wildman–Crippen LogP) is 2.23. The fraction of sp³-hybridized carbons (Fsp3) is 0.650. The third-order valence-electron chi connectivity index (χ3n) is 5.83. The van der Waals surface area contributed by atoms with Gasteiger partial charge in [0.2, 0.25) is 5.91 Å². The number of carbonyl (C=O) groups is 1. The number of morpholine rings is 1. The maximum atomic E-state index is 11.4. The smallest absolute Gasteiger partial charge is 0.217 e. The molecule has 4 rings (SSSR count). The Bertz CT molecular complexity index is 862. The second kappa shape index (κ2) is 8.31. The average Bonchev–Trinajstić information content (AvgIpc) is 2.95. The molecule has 2 fully saturated rings. The second-order valence-electron chi connectivity index (χ2n) is 7.94. The topological polar surface area (TPSA) is 84.6 Å². The minimum Gasteiger partial charge on any atom is -0.379 e. The summed E-state index contributed by atoms with van der Waals surface area (Å²) in [7, 11) is 0. The van der Waals surface area contributed by atoms with Crippen LogP contribution in [0.5, 0.6) is 0 Å². The van der Waals surface area contributed by atoms with Crippen LogP contribution in [0, 0.1) is 19.8 Å². The van der Waals surface area contributed by atoms with Gasteiger partial charge in [-0.2, -0.15) is 0 Å². The van der Waals surface area contributed by atoms with Crippen molar-refractivity contribution >= 4 is 33.3 Å². The van der Waals surface area contributed by atoms with Crippen molar-refractivity contribution in [3.63, 3.8) is 0 Å². The van der Waals surface area contributed by atoms with E-state index in [1.807, 2.05) is 0 Å². The fourth-order valence-corrected chi connectivity index (χ4v) is 5.28. The summed E-state index contributed by atoms with van der Waals surface area (Å²) >= 11 is 1.75. The number of aromatic nitrogens is 2. The zero-order valence-corrected chi connectivity index (χ0v) is 17.6. The van der Waals surface area contributed by atoms with Crippen LogP contribution >= 0.6 is 11.3 Å². The number of anilines is 1. The lowest BCUT2D eigenvalue weighted by molar-refractivity contribution is -0.118. The Morgan fingerprint density at radius 2 is 2.04 bits per heavy atom. The van der Waals surface area contributed by atoms with Gasteiger partial charge in [0.05, 0.1) is 25.1 Å². The van der Waals surface area contributed by atoms with Crippen LogP contribution in [0.4, 0.5) is 5.82 Å². The Morgan fingerprint density at radius 1 is 1.25 bits per heavy atom. The summed E-state index contributed by atoms with van der Waals surface area (Å²) in [5.74, 6) is 2.00. The molecular weight excluding hydrogens is 374 g/mol. The number of fused-ring (bicyclic) bond motifs is 1. The van der Waals surface area contributed by atoms with E-state index in [-0.39, 0.29) is 5.91 Å². The molecule has 8 heteroatoms. The van der Waals surface area contributed by atoms with Crippen molar-refractivity contribution in [2.24, 2.45) is 11.7 Å². The Kier molecular flexibility index (Phi) is 5.80. The average molecular weight is 404 g/mol. The number of piperidine rings is 1. The van der Waals surface area contributed by atoms with E-state index in [1.165, 1.54) is 15.8 Å². The highest BCUT2D eigenvalue weighted by atomic mass is 32.1. The van der Waals surface area contributed by atoms with E-state index >= 15 is 0 Å². The van der Waals surface area contributed by atoms with Gasteiger partial charge in [0.15, 0.2) is 0 Å². The van der Waals surface area contributed by atoms with E-state index in [0.717, 1.165) is 75.3 Å². The Hall–Kier alpha value is -1.77. The molecule has 2 aromatic rings. The minimum absolute atomic E-state index is 0.213. The van der Waals surface area contributed by atoms with E-state index in [4.69, 9.17) is 20.4 Å². The van der Waals surface area contributed by atoms with Crippen LogP contribution in [-0.2, 0) is 16.1 Å². The van der Waals surface area contributed by atoms with Crippen molar-refractivity contribution in [2.45, 2.75) is 39.7 Å². The zero-order valence-electron chi connectivity index (χ0n) is 16.7. The molecule has 7 nitrogen and oxygen atoms in total. The lowest BCUT2D eigenvalue weighted by Crippen LogP contribution is -2.38. The number of carbonyl (C=O) groups excluding carboxylic acids is 1. The molecule has 4 heterocycles. The summed E-state index contributed by atoms with van der Waals surface area (Å²) in [6.07, 6.45) is 2.56. The van der Waals surface area contributed by atoms with Crippen LogP contribution in [0.25, 0.3) is 10.2 Å². The maximum absolute atomic E-state index is 11.4. The molecule has 152 valence electrons. The lowest BCUT2D eigenvalue weighted by Gasteiger charge is -2.34. The molecule has 2 saturated heterocycles. The predicted molar refractivity (Wildman–Crippen MR) is 112 cm³/mol. The van der Waals surface area contributed by atoms with Crippen LogP contribution in [0.1, 0.15) is 35.5 Å². The highest BCUT2D eigenvalue weighted by Gasteiger charge is 2.26. The fourth-order valence-electron chi connectivity index (χ4n) is 4.24. The third kappa shape index (κ3) is 4.14. The first kappa shape index (κ1) is 19.5. The van der Waals surface area contributed by atoms with Crippen LogP contribution in [0.15, 0.2) is 0 Å². The maximum Gasteiger partial charge on any atom is 0.217 e. The van der Waals surface area contributed by atoms with Gasteiger partial charge in [0, 0.05) is 37.5 Å². The quantitative estimate of drug-likeness (QED) is 0.824. The van der Waals surface area contributed by atoms with Crippen LogP contribution in [-0.4, -0.2) is 60.2 Å². The van der Waals surface area contributed by atoms with Crippen molar-refractivity contribution in [3.8, 4) is 0 Å².